The van der Waals surface area contributed by atoms with E-state index in [1.807, 2.05) is 20.8 Å². The third-order valence-electron chi connectivity index (χ3n) is 5.57. The molecule has 1 aliphatic carbocycles. The van der Waals surface area contributed by atoms with E-state index in [9.17, 15) is 4.21 Å². The summed E-state index contributed by atoms with van der Waals surface area (Å²) in [6, 6.07) is 6.83. The first-order chi connectivity index (χ1) is 12.5. The molecule has 0 aromatic heterocycles. The van der Waals surface area contributed by atoms with Crippen molar-refractivity contribution in [3.05, 3.63) is 34.9 Å². The van der Waals surface area contributed by atoms with Gasteiger partial charge in [-0.05, 0) is 81.8 Å². The highest BCUT2D eigenvalue weighted by Crippen LogP contribution is 2.51. The van der Waals surface area contributed by atoms with Crippen molar-refractivity contribution in [2.75, 3.05) is 13.1 Å². The van der Waals surface area contributed by atoms with E-state index in [0.29, 0.717) is 0 Å². The average Bonchev–Trinajstić information content (AvgIpc) is 2.84. The molecule has 0 radical (unpaired) electrons. The van der Waals surface area contributed by atoms with Crippen molar-refractivity contribution >= 4 is 19.1 Å². The molecular formula is C22H34N2OSSi. The van der Waals surface area contributed by atoms with Crippen LogP contribution in [0.2, 0.25) is 19.6 Å². The molecule has 3 rings (SSSR count). The zero-order valence-corrected chi connectivity index (χ0v) is 19.5. The summed E-state index contributed by atoms with van der Waals surface area (Å²) in [6.45, 7) is 15.0. The van der Waals surface area contributed by atoms with Crippen molar-refractivity contribution in [3.63, 3.8) is 0 Å². The number of piperidine rings is 1. The smallest absolute Gasteiger partial charge is 0.129 e. The lowest BCUT2D eigenvalue weighted by Gasteiger charge is -2.40. The van der Waals surface area contributed by atoms with E-state index in [1.165, 1.54) is 11.1 Å². The molecule has 0 saturated carbocycles. The molecule has 27 heavy (non-hydrogen) atoms. The zero-order chi connectivity index (χ0) is 19.9. The lowest BCUT2D eigenvalue weighted by atomic mass is 9.73. The van der Waals surface area contributed by atoms with Gasteiger partial charge in [0.25, 0.3) is 0 Å². The van der Waals surface area contributed by atoms with E-state index < -0.39 is 19.1 Å². The molecular weight excluding hydrogens is 368 g/mol. The Bertz CT molecular complexity index is 789. The van der Waals surface area contributed by atoms with Gasteiger partial charge in [-0.2, -0.15) is 0 Å². The highest BCUT2D eigenvalue weighted by atomic mass is 32.2. The summed E-state index contributed by atoms with van der Waals surface area (Å²) >= 11 is 0. The molecule has 1 heterocycles. The molecule has 2 atom stereocenters. The fraction of sp³-hybridized carbons (Fsp3) is 0.636. The number of benzene rings is 1. The van der Waals surface area contributed by atoms with Crippen LogP contribution in [-0.4, -0.2) is 30.1 Å². The van der Waals surface area contributed by atoms with Crippen molar-refractivity contribution in [2.45, 2.75) is 70.5 Å². The molecule has 2 N–H and O–H groups in total. The van der Waals surface area contributed by atoms with E-state index in [1.54, 1.807) is 0 Å². The van der Waals surface area contributed by atoms with Crippen LogP contribution in [0.1, 0.15) is 56.3 Å². The lowest BCUT2D eigenvalue weighted by Crippen LogP contribution is -2.46. The van der Waals surface area contributed by atoms with Gasteiger partial charge >= 0.3 is 0 Å². The van der Waals surface area contributed by atoms with Crippen molar-refractivity contribution in [3.8, 4) is 11.5 Å². The molecule has 148 valence electrons. The van der Waals surface area contributed by atoms with Crippen LogP contribution >= 0.6 is 0 Å². The summed E-state index contributed by atoms with van der Waals surface area (Å²) in [5, 5.41) is 3.49. The van der Waals surface area contributed by atoms with Crippen molar-refractivity contribution in [1.82, 2.24) is 10.0 Å². The van der Waals surface area contributed by atoms with Gasteiger partial charge in [-0.25, -0.2) is 8.93 Å². The zero-order valence-electron chi connectivity index (χ0n) is 17.7. The summed E-state index contributed by atoms with van der Waals surface area (Å²) in [7, 11) is -2.46. The maximum atomic E-state index is 12.9. The second-order valence-electron chi connectivity index (χ2n) is 10.1. The highest BCUT2D eigenvalue weighted by molar-refractivity contribution is 7.84. The highest BCUT2D eigenvalue weighted by Gasteiger charge is 2.47. The van der Waals surface area contributed by atoms with E-state index in [2.05, 4.69) is 59.3 Å². The third-order valence-corrected chi connectivity index (χ3v) is 8.01. The normalized spacial score (nSPS) is 22.8. The number of fused-ring (bicyclic) bond motifs is 1. The first-order valence-electron chi connectivity index (χ1n) is 10.1. The monoisotopic (exact) mass is 402 g/mol. The van der Waals surface area contributed by atoms with Gasteiger partial charge in [-0.3, -0.25) is 0 Å². The van der Waals surface area contributed by atoms with E-state index in [4.69, 9.17) is 0 Å². The standard InChI is InChI=1S/C22H34N2OSSi/c1-21(2,3)26(25)24-20-19-8-7-17(9-14-27(4,5)6)15-18(19)16-22(20)10-12-23-13-11-22/h7-8,15,20,23-24H,10-13,16H2,1-6H3/t20-,26-/m1/s1. The van der Waals surface area contributed by atoms with Crippen molar-refractivity contribution in [2.24, 2.45) is 5.41 Å². The first kappa shape index (κ1) is 20.8. The predicted molar refractivity (Wildman–Crippen MR) is 119 cm³/mol. The van der Waals surface area contributed by atoms with Crippen LogP contribution < -0.4 is 10.0 Å². The van der Waals surface area contributed by atoms with Crippen LogP contribution in [0.15, 0.2) is 18.2 Å². The second kappa shape index (κ2) is 7.48. The predicted octanol–water partition coefficient (Wildman–Crippen LogP) is 3.93. The molecule has 1 aromatic carbocycles. The molecule has 3 nitrogen and oxygen atoms in total. The quantitative estimate of drug-likeness (QED) is 0.581. The van der Waals surface area contributed by atoms with Gasteiger partial charge in [0.1, 0.15) is 8.07 Å². The third kappa shape index (κ3) is 4.74. The summed E-state index contributed by atoms with van der Waals surface area (Å²) in [5.74, 6) is 3.40. The SMILES string of the molecule is CC(C)(C)[S@@](=O)N[C@@H]1c2ccc(C#C[Si](C)(C)C)cc2CC12CCNCC2. The Morgan fingerprint density at radius 1 is 1.22 bits per heavy atom. The van der Waals surface area contributed by atoms with Crippen LogP contribution in [0, 0.1) is 16.9 Å². The maximum absolute atomic E-state index is 12.9. The maximum Gasteiger partial charge on any atom is 0.129 e. The van der Waals surface area contributed by atoms with Crippen LogP contribution in [0.3, 0.4) is 0 Å². The van der Waals surface area contributed by atoms with E-state index >= 15 is 0 Å². The minimum absolute atomic E-state index is 0.161. The molecule has 1 saturated heterocycles. The van der Waals surface area contributed by atoms with Gasteiger partial charge in [-0.15, -0.1) is 5.54 Å². The topological polar surface area (TPSA) is 41.1 Å². The number of hydrogen-bond donors (Lipinski definition) is 2. The Balaban J connectivity index is 1.96. The molecule has 5 heteroatoms. The van der Waals surface area contributed by atoms with Crippen LogP contribution in [0.5, 0.6) is 0 Å². The molecule has 0 unspecified atom stereocenters. The Kier molecular flexibility index (Phi) is 5.76. The Morgan fingerprint density at radius 3 is 2.48 bits per heavy atom. The minimum atomic E-state index is -1.38. The van der Waals surface area contributed by atoms with Gasteiger partial charge in [0.2, 0.25) is 0 Å². The molecule has 1 fully saturated rings. The summed E-state index contributed by atoms with van der Waals surface area (Å²) < 4.78 is 16.2. The van der Waals surface area contributed by atoms with Crippen LogP contribution in [0.4, 0.5) is 0 Å². The average molecular weight is 403 g/mol. The number of rotatable bonds is 2. The van der Waals surface area contributed by atoms with Crippen LogP contribution in [-0.2, 0) is 17.4 Å². The fourth-order valence-electron chi connectivity index (χ4n) is 4.05. The van der Waals surface area contributed by atoms with Gasteiger partial charge < -0.3 is 5.32 Å². The second-order valence-corrected chi connectivity index (χ2v) is 16.9. The van der Waals surface area contributed by atoms with Crippen LogP contribution in [0.25, 0.3) is 0 Å². The van der Waals surface area contributed by atoms with E-state index in [-0.39, 0.29) is 16.2 Å². The van der Waals surface area contributed by atoms with Gasteiger partial charge in [0.15, 0.2) is 0 Å². The molecule has 2 aliphatic rings. The van der Waals surface area contributed by atoms with Crippen molar-refractivity contribution < 1.29 is 4.21 Å². The Hall–Kier alpha value is -0.933. The van der Waals surface area contributed by atoms with Gasteiger partial charge in [0.05, 0.1) is 21.8 Å². The summed E-state index contributed by atoms with van der Waals surface area (Å²) in [4.78, 5) is 0. The van der Waals surface area contributed by atoms with Gasteiger partial charge in [0, 0.05) is 5.56 Å². The van der Waals surface area contributed by atoms with Crippen molar-refractivity contribution in [1.29, 1.82) is 0 Å². The molecule has 1 aliphatic heterocycles. The van der Waals surface area contributed by atoms with Gasteiger partial charge in [-0.1, -0.05) is 31.6 Å². The Labute approximate surface area is 168 Å². The molecule has 0 amide bonds. The first-order valence-corrected chi connectivity index (χ1v) is 14.7. The molecule has 1 aromatic rings. The van der Waals surface area contributed by atoms with E-state index in [0.717, 1.165) is 37.9 Å². The lowest BCUT2D eigenvalue weighted by molar-refractivity contribution is 0.165. The molecule has 0 bridgehead atoms. The number of nitrogens with one attached hydrogen (secondary N) is 2. The summed E-state index contributed by atoms with van der Waals surface area (Å²) in [6.07, 6.45) is 3.30. The fourth-order valence-corrected chi connectivity index (χ4v) is 5.52. The largest absolute Gasteiger partial charge is 0.317 e. The summed E-state index contributed by atoms with van der Waals surface area (Å²) in [5.41, 5.74) is 7.49. The Morgan fingerprint density at radius 2 is 1.89 bits per heavy atom. The number of hydrogen-bond acceptors (Lipinski definition) is 2. The molecule has 1 spiro atoms. The minimum Gasteiger partial charge on any atom is -0.317 e.